The highest BCUT2D eigenvalue weighted by atomic mass is 35.5. The van der Waals surface area contributed by atoms with Crippen LogP contribution in [0.3, 0.4) is 0 Å². The Hall–Kier alpha value is -0.760. The lowest BCUT2D eigenvalue weighted by atomic mass is 9.93. The summed E-state index contributed by atoms with van der Waals surface area (Å²) in [6.07, 6.45) is 4.43. The lowest BCUT2D eigenvalue weighted by Gasteiger charge is -2.38. The molecule has 17 heavy (non-hydrogen) atoms. The van der Waals surface area contributed by atoms with Crippen molar-refractivity contribution >= 4 is 17.4 Å². The topological polar surface area (TPSA) is 16.1 Å². The van der Waals surface area contributed by atoms with Crippen molar-refractivity contribution in [3.63, 3.8) is 0 Å². The fraction of sp³-hybridized carbons (Fsp3) is 0.643. The van der Waals surface area contributed by atoms with Crippen LogP contribution in [0.4, 0.5) is 5.82 Å². The molecule has 2 nitrogen and oxygen atoms in total. The van der Waals surface area contributed by atoms with Gasteiger partial charge in [-0.05, 0) is 49.8 Å². The van der Waals surface area contributed by atoms with E-state index in [0.717, 1.165) is 23.8 Å². The Balaban J connectivity index is 2.22. The summed E-state index contributed by atoms with van der Waals surface area (Å²) in [5.41, 5.74) is 2.34. The summed E-state index contributed by atoms with van der Waals surface area (Å²) in [7, 11) is 0. The highest BCUT2D eigenvalue weighted by Crippen LogP contribution is 2.28. The second-order valence-corrected chi connectivity index (χ2v) is 5.56. The van der Waals surface area contributed by atoms with Crippen LogP contribution in [0.25, 0.3) is 0 Å². The first kappa shape index (κ1) is 12.7. The maximum Gasteiger partial charge on any atom is 0.131 e. The fourth-order valence-corrected chi connectivity index (χ4v) is 2.87. The molecule has 2 atom stereocenters. The summed E-state index contributed by atoms with van der Waals surface area (Å²) in [6, 6.07) is 2.74. The van der Waals surface area contributed by atoms with Crippen molar-refractivity contribution in [2.45, 2.75) is 45.5 Å². The number of aromatic nitrogens is 1. The lowest BCUT2D eigenvalue weighted by molar-refractivity contribution is 0.375. The monoisotopic (exact) mass is 252 g/mol. The molecule has 94 valence electrons. The van der Waals surface area contributed by atoms with Crippen LogP contribution in [0.15, 0.2) is 12.3 Å². The zero-order valence-corrected chi connectivity index (χ0v) is 11.7. The number of aryl methyl sites for hydroxylation is 1. The molecular formula is C14H21ClN2. The molecule has 2 rings (SSSR count). The number of piperidine rings is 1. The van der Waals surface area contributed by atoms with Crippen molar-refractivity contribution in [3.05, 3.63) is 23.4 Å². The van der Waals surface area contributed by atoms with Gasteiger partial charge in [0.25, 0.3) is 0 Å². The predicted molar refractivity (Wildman–Crippen MR) is 73.7 cm³/mol. The second-order valence-electron chi connectivity index (χ2n) is 5.29. The third-order valence-corrected chi connectivity index (χ3v) is 3.98. The van der Waals surface area contributed by atoms with E-state index in [0.29, 0.717) is 11.9 Å². The van der Waals surface area contributed by atoms with E-state index in [-0.39, 0.29) is 0 Å². The Kier molecular flexibility index (Phi) is 3.93. The summed E-state index contributed by atoms with van der Waals surface area (Å²) >= 11 is 5.83. The van der Waals surface area contributed by atoms with E-state index in [1.807, 2.05) is 6.20 Å². The summed E-state index contributed by atoms with van der Waals surface area (Å²) in [6.45, 7) is 7.89. The maximum atomic E-state index is 5.83. The molecule has 0 aliphatic carbocycles. The molecule has 1 fully saturated rings. The molecule has 0 radical (unpaired) electrons. The molecule has 1 aliphatic rings. The Bertz CT molecular complexity index is 392. The van der Waals surface area contributed by atoms with E-state index in [4.69, 9.17) is 11.6 Å². The van der Waals surface area contributed by atoms with E-state index < -0.39 is 0 Å². The van der Waals surface area contributed by atoms with Crippen LogP contribution in [0, 0.1) is 12.8 Å². The minimum absolute atomic E-state index is 0.542. The van der Waals surface area contributed by atoms with Crippen LogP contribution in [-0.2, 0) is 5.88 Å². The molecule has 0 N–H and O–H groups in total. The number of alkyl halides is 1. The fourth-order valence-electron chi connectivity index (χ4n) is 2.72. The Morgan fingerprint density at radius 1 is 1.47 bits per heavy atom. The van der Waals surface area contributed by atoms with Crippen LogP contribution in [-0.4, -0.2) is 17.6 Å². The van der Waals surface area contributed by atoms with Gasteiger partial charge in [0.1, 0.15) is 5.82 Å². The summed E-state index contributed by atoms with van der Waals surface area (Å²) < 4.78 is 0. The van der Waals surface area contributed by atoms with E-state index in [1.54, 1.807) is 0 Å². The van der Waals surface area contributed by atoms with E-state index >= 15 is 0 Å². The maximum absolute atomic E-state index is 5.83. The normalized spacial score (nSPS) is 25.1. The molecule has 0 aromatic carbocycles. The molecule has 1 aromatic heterocycles. The van der Waals surface area contributed by atoms with Gasteiger partial charge in [0.05, 0.1) is 0 Å². The average Bonchev–Trinajstić information content (AvgIpc) is 2.30. The van der Waals surface area contributed by atoms with Crippen LogP contribution >= 0.6 is 11.6 Å². The van der Waals surface area contributed by atoms with Gasteiger partial charge in [0.2, 0.25) is 0 Å². The van der Waals surface area contributed by atoms with Crippen molar-refractivity contribution in [2.24, 2.45) is 5.92 Å². The predicted octanol–water partition coefficient (Wildman–Crippen LogP) is 3.75. The average molecular weight is 253 g/mol. The van der Waals surface area contributed by atoms with Crippen molar-refractivity contribution in [2.75, 3.05) is 11.4 Å². The first-order valence-corrected chi connectivity index (χ1v) is 6.93. The number of anilines is 1. The van der Waals surface area contributed by atoms with Crippen LogP contribution < -0.4 is 4.90 Å². The van der Waals surface area contributed by atoms with Gasteiger partial charge < -0.3 is 4.90 Å². The molecule has 3 heteroatoms. The molecule has 0 amide bonds. The van der Waals surface area contributed by atoms with Gasteiger partial charge in [-0.15, -0.1) is 11.6 Å². The Labute approximate surface area is 109 Å². The van der Waals surface area contributed by atoms with Gasteiger partial charge in [-0.3, -0.25) is 0 Å². The number of rotatable bonds is 2. The van der Waals surface area contributed by atoms with Crippen molar-refractivity contribution in [1.82, 2.24) is 4.98 Å². The zero-order valence-electron chi connectivity index (χ0n) is 10.9. The standard InChI is InChI=1S/C14H21ClN2/c1-10-4-5-17(12(3)6-10)14-11(2)7-13(8-15)9-16-14/h7,9-10,12H,4-6,8H2,1-3H3. The zero-order chi connectivity index (χ0) is 12.4. The molecular weight excluding hydrogens is 232 g/mol. The molecule has 1 saturated heterocycles. The molecule has 2 heterocycles. The highest BCUT2D eigenvalue weighted by molar-refractivity contribution is 6.17. The highest BCUT2D eigenvalue weighted by Gasteiger charge is 2.24. The number of pyridine rings is 1. The SMILES string of the molecule is Cc1cc(CCl)cnc1N1CCC(C)CC1C. The van der Waals surface area contributed by atoms with Crippen molar-refractivity contribution in [1.29, 1.82) is 0 Å². The second kappa shape index (κ2) is 5.26. The minimum Gasteiger partial charge on any atom is -0.354 e. The van der Waals surface area contributed by atoms with Gasteiger partial charge in [-0.25, -0.2) is 4.98 Å². The first-order valence-electron chi connectivity index (χ1n) is 6.40. The van der Waals surface area contributed by atoms with E-state index in [2.05, 4.69) is 36.7 Å². The minimum atomic E-state index is 0.542. The largest absolute Gasteiger partial charge is 0.354 e. The summed E-state index contributed by atoms with van der Waals surface area (Å²) in [4.78, 5) is 7.03. The van der Waals surface area contributed by atoms with E-state index in [9.17, 15) is 0 Å². The summed E-state index contributed by atoms with van der Waals surface area (Å²) in [5.74, 6) is 2.52. The number of hydrogen-bond acceptors (Lipinski definition) is 2. The number of hydrogen-bond donors (Lipinski definition) is 0. The van der Waals surface area contributed by atoms with E-state index in [1.165, 1.54) is 18.4 Å². The Morgan fingerprint density at radius 3 is 2.82 bits per heavy atom. The first-order chi connectivity index (χ1) is 8.11. The molecule has 0 spiro atoms. The Morgan fingerprint density at radius 2 is 2.24 bits per heavy atom. The quantitative estimate of drug-likeness (QED) is 0.746. The number of nitrogens with zero attached hydrogens (tertiary/aromatic N) is 2. The van der Waals surface area contributed by atoms with Gasteiger partial charge in [-0.2, -0.15) is 0 Å². The molecule has 0 saturated carbocycles. The van der Waals surface area contributed by atoms with Gasteiger partial charge in [0.15, 0.2) is 0 Å². The smallest absolute Gasteiger partial charge is 0.131 e. The molecule has 0 bridgehead atoms. The lowest BCUT2D eigenvalue weighted by Crippen LogP contribution is -2.41. The third-order valence-electron chi connectivity index (χ3n) is 3.67. The van der Waals surface area contributed by atoms with Gasteiger partial charge in [-0.1, -0.05) is 6.92 Å². The van der Waals surface area contributed by atoms with Crippen molar-refractivity contribution < 1.29 is 0 Å². The van der Waals surface area contributed by atoms with Gasteiger partial charge in [0, 0.05) is 24.7 Å². The van der Waals surface area contributed by atoms with Gasteiger partial charge >= 0.3 is 0 Å². The molecule has 1 aliphatic heterocycles. The van der Waals surface area contributed by atoms with Crippen LogP contribution in [0.2, 0.25) is 0 Å². The molecule has 2 unspecified atom stereocenters. The molecule has 1 aromatic rings. The summed E-state index contributed by atoms with van der Waals surface area (Å²) in [5, 5.41) is 0. The van der Waals surface area contributed by atoms with Crippen molar-refractivity contribution in [3.8, 4) is 0 Å². The van der Waals surface area contributed by atoms with Crippen LogP contribution in [0.1, 0.15) is 37.8 Å². The number of halogens is 1. The van der Waals surface area contributed by atoms with Crippen LogP contribution in [0.5, 0.6) is 0 Å². The third kappa shape index (κ3) is 2.74.